The summed E-state index contributed by atoms with van der Waals surface area (Å²) in [6, 6.07) is 2.26. The van der Waals surface area contributed by atoms with Gasteiger partial charge in [-0.3, -0.25) is 4.90 Å². The summed E-state index contributed by atoms with van der Waals surface area (Å²) in [6.45, 7) is 5.06. The molecule has 2 saturated heterocycles. The lowest BCUT2D eigenvalue weighted by atomic mass is 10.0. The van der Waals surface area contributed by atoms with Crippen molar-refractivity contribution >= 4 is 37.2 Å². The van der Waals surface area contributed by atoms with Gasteiger partial charge in [-0.25, -0.2) is 0 Å². The zero-order valence-corrected chi connectivity index (χ0v) is 13.2. The summed E-state index contributed by atoms with van der Waals surface area (Å²) in [5.41, 5.74) is 5.97. The number of hydrogen-bond donors (Lipinski definition) is 1. The third kappa shape index (κ3) is 4.39. The normalized spacial score (nSPS) is 30.2. The minimum Gasteiger partial charge on any atom is -0.326 e. The first-order valence-corrected chi connectivity index (χ1v) is 6.56. The maximum absolute atomic E-state index is 5.97. The first kappa shape index (κ1) is 18.8. The van der Waals surface area contributed by atoms with E-state index in [1.807, 2.05) is 0 Å². The van der Waals surface area contributed by atoms with Crippen LogP contribution in [0, 0.1) is 0 Å². The molecule has 0 bridgehead atoms. The van der Waals surface area contributed by atoms with Gasteiger partial charge in [-0.1, -0.05) is 0 Å². The summed E-state index contributed by atoms with van der Waals surface area (Å²) >= 11 is 0. The Hall–Kier alpha value is 0.750. The van der Waals surface area contributed by atoms with E-state index >= 15 is 0 Å². The molecule has 1 atom stereocenters. The maximum Gasteiger partial charge on any atom is 0.0180 e. The fourth-order valence-corrected chi connectivity index (χ4v) is 3.20. The summed E-state index contributed by atoms with van der Waals surface area (Å²) in [5.74, 6) is 0. The molecule has 1 saturated carbocycles. The third-order valence-corrected chi connectivity index (χ3v) is 4.33. The zero-order valence-electron chi connectivity index (χ0n) is 10.8. The second kappa shape index (κ2) is 8.13. The van der Waals surface area contributed by atoms with Gasteiger partial charge in [-0.05, 0) is 45.2 Å². The van der Waals surface area contributed by atoms with E-state index in [-0.39, 0.29) is 37.2 Å². The average Bonchev–Trinajstić information content (AvgIpc) is 3.02. The van der Waals surface area contributed by atoms with Gasteiger partial charge in [0, 0.05) is 31.2 Å². The molecule has 3 aliphatic rings. The van der Waals surface area contributed by atoms with Crippen LogP contribution in [0.4, 0.5) is 0 Å². The predicted molar refractivity (Wildman–Crippen MR) is 83.5 cm³/mol. The lowest BCUT2D eigenvalue weighted by Gasteiger charge is -2.36. The van der Waals surface area contributed by atoms with E-state index in [1.165, 1.54) is 51.7 Å². The Labute approximate surface area is 129 Å². The Balaban J connectivity index is 0.000000963. The van der Waals surface area contributed by atoms with Crippen LogP contribution in [0.25, 0.3) is 0 Å². The number of nitrogens with zero attached hydrogens (tertiary/aromatic N) is 2. The molecule has 0 aromatic rings. The highest BCUT2D eigenvalue weighted by atomic mass is 35.5. The molecule has 1 aliphatic carbocycles. The minimum absolute atomic E-state index is 0. The highest BCUT2D eigenvalue weighted by Crippen LogP contribution is 2.30. The van der Waals surface area contributed by atoms with Gasteiger partial charge in [-0.15, -0.1) is 37.2 Å². The average molecular weight is 319 g/mol. The molecule has 2 heterocycles. The molecule has 2 aliphatic heterocycles. The SMILES string of the molecule is Cl.Cl.Cl.N[C@H]1CCN(C2CCN(C3CC3)CC2)C1. The molecule has 110 valence electrons. The van der Waals surface area contributed by atoms with E-state index in [0.29, 0.717) is 6.04 Å². The van der Waals surface area contributed by atoms with Crippen molar-refractivity contribution in [2.24, 2.45) is 5.73 Å². The standard InChI is InChI=1S/C12H23N3.3ClH/c13-10-3-6-15(9-10)12-4-7-14(8-5-12)11-1-2-11;;;/h10-12H,1-9,13H2;3*1H/t10-;;;/m0.../s1. The summed E-state index contributed by atoms with van der Waals surface area (Å²) < 4.78 is 0. The molecular formula is C12H26Cl3N3. The molecule has 2 N–H and O–H groups in total. The summed E-state index contributed by atoms with van der Waals surface area (Å²) in [5, 5.41) is 0. The Morgan fingerprint density at radius 3 is 1.61 bits per heavy atom. The molecule has 3 nitrogen and oxygen atoms in total. The van der Waals surface area contributed by atoms with Gasteiger partial charge in [0.1, 0.15) is 0 Å². The number of rotatable bonds is 2. The molecular weight excluding hydrogens is 293 g/mol. The van der Waals surface area contributed by atoms with E-state index < -0.39 is 0 Å². The summed E-state index contributed by atoms with van der Waals surface area (Å²) in [7, 11) is 0. The summed E-state index contributed by atoms with van der Waals surface area (Å²) in [4.78, 5) is 5.33. The van der Waals surface area contributed by atoms with Crippen LogP contribution in [0.1, 0.15) is 32.1 Å². The fraction of sp³-hybridized carbons (Fsp3) is 1.00. The van der Waals surface area contributed by atoms with E-state index in [0.717, 1.165) is 18.6 Å². The van der Waals surface area contributed by atoms with Gasteiger partial charge in [0.25, 0.3) is 0 Å². The van der Waals surface area contributed by atoms with Crippen molar-refractivity contribution in [2.75, 3.05) is 26.2 Å². The van der Waals surface area contributed by atoms with Crippen molar-refractivity contribution in [1.82, 2.24) is 9.80 Å². The Kier molecular flexibility index (Phi) is 8.47. The molecule has 0 spiro atoms. The lowest BCUT2D eigenvalue weighted by molar-refractivity contribution is 0.121. The van der Waals surface area contributed by atoms with Gasteiger partial charge in [0.05, 0.1) is 0 Å². The first-order chi connectivity index (χ1) is 7.33. The van der Waals surface area contributed by atoms with Crippen LogP contribution in [0.3, 0.4) is 0 Å². The largest absolute Gasteiger partial charge is 0.326 e. The highest BCUT2D eigenvalue weighted by Gasteiger charge is 2.34. The zero-order chi connectivity index (χ0) is 10.3. The topological polar surface area (TPSA) is 32.5 Å². The van der Waals surface area contributed by atoms with Gasteiger partial charge >= 0.3 is 0 Å². The second-order valence-electron chi connectivity index (χ2n) is 5.54. The van der Waals surface area contributed by atoms with Crippen LogP contribution < -0.4 is 5.73 Å². The fourth-order valence-electron chi connectivity index (χ4n) is 3.20. The van der Waals surface area contributed by atoms with Crippen LogP contribution in [-0.2, 0) is 0 Å². The van der Waals surface area contributed by atoms with Crippen LogP contribution in [-0.4, -0.2) is 54.1 Å². The van der Waals surface area contributed by atoms with E-state index in [1.54, 1.807) is 0 Å². The number of nitrogens with two attached hydrogens (primary N) is 1. The van der Waals surface area contributed by atoms with Crippen LogP contribution >= 0.6 is 37.2 Å². The monoisotopic (exact) mass is 317 g/mol. The Morgan fingerprint density at radius 2 is 1.17 bits per heavy atom. The quantitative estimate of drug-likeness (QED) is 0.844. The van der Waals surface area contributed by atoms with E-state index in [2.05, 4.69) is 9.80 Å². The van der Waals surface area contributed by atoms with Crippen LogP contribution in [0.5, 0.6) is 0 Å². The van der Waals surface area contributed by atoms with Crippen molar-refractivity contribution in [3.05, 3.63) is 0 Å². The molecule has 0 unspecified atom stereocenters. The van der Waals surface area contributed by atoms with Gasteiger partial charge in [-0.2, -0.15) is 0 Å². The smallest absolute Gasteiger partial charge is 0.0180 e. The van der Waals surface area contributed by atoms with E-state index in [4.69, 9.17) is 5.73 Å². The maximum atomic E-state index is 5.97. The summed E-state index contributed by atoms with van der Waals surface area (Å²) in [6.07, 6.45) is 6.88. The van der Waals surface area contributed by atoms with Gasteiger partial charge in [0.15, 0.2) is 0 Å². The van der Waals surface area contributed by atoms with Crippen molar-refractivity contribution < 1.29 is 0 Å². The first-order valence-electron chi connectivity index (χ1n) is 6.56. The molecule has 0 aromatic carbocycles. The molecule has 3 rings (SSSR count). The molecule has 3 fully saturated rings. The third-order valence-electron chi connectivity index (χ3n) is 4.33. The van der Waals surface area contributed by atoms with Crippen molar-refractivity contribution in [2.45, 2.75) is 50.2 Å². The Bertz CT molecular complexity index is 231. The molecule has 18 heavy (non-hydrogen) atoms. The van der Waals surface area contributed by atoms with Crippen molar-refractivity contribution in [3.8, 4) is 0 Å². The van der Waals surface area contributed by atoms with Gasteiger partial charge in [0.2, 0.25) is 0 Å². The Morgan fingerprint density at radius 1 is 0.667 bits per heavy atom. The molecule has 0 aromatic heterocycles. The van der Waals surface area contributed by atoms with Crippen molar-refractivity contribution in [3.63, 3.8) is 0 Å². The van der Waals surface area contributed by atoms with Crippen LogP contribution in [0.15, 0.2) is 0 Å². The van der Waals surface area contributed by atoms with Gasteiger partial charge < -0.3 is 10.6 Å². The molecule has 0 radical (unpaired) electrons. The molecule has 6 heteroatoms. The van der Waals surface area contributed by atoms with Crippen LogP contribution in [0.2, 0.25) is 0 Å². The number of halogens is 3. The second-order valence-corrected chi connectivity index (χ2v) is 5.54. The number of likely N-dealkylation sites (tertiary alicyclic amines) is 2. The van der Waals surface area contributed by atoms with E-state index in [9.17, 15) is 0 Å². The number of hydrogen-bond acceptors (Lipinski definition) is 3. The lowest BCUT2D eigenvalue weighted by Crippen LogP contribution is -2.45. The van der Waals surface area contributed by atoms with Crippen molar-refractivity contribution in [1.29, 1.82) is 0 Å². The minimum atomic E-state index is 0. The predicted octanol–water partition coefficient (Wildman–Crippen LogP) is 1.91. The number of piperidine rings is 1. The highest BCUT2D eigenvalue weighted by molar-refractivity contribution is 5.86. The molecule has 0 amide bonds.